The van der Waals surface area contributed by atoms with Crippen LogP contribution >= 0.6 is 0 Å². The number of nitrogens with zero attached hydrogens (tertiary/aromatic N) is 1. The molecule has 4 heteroatoms. The first-order valence-corrected chi connectivity index (χ1v) is 6.18. The molecule has 0 radical (unpaired) electrons. The van der Waals surface area contributed by atoms with Gasteiger partial charge in [0.15, 0.2) is 0 Å². The maximum atomic E-state index is 12.0. The Hall–Kier alpha value is -0.610. The average Bonchev–Trinajstić information content (AvgIpc) is 2.61. The van der Waals surface area contributed by atoms with Gasteiger partial charge in [-0.15, -0.1) is 0 Å². The van der Waals surface area contributed by atoms with Crippen LogP contribution in [0.3, 0.4) is 0 Å². The van der Waals surface area contributed by atoms with Crippen molar-refractivity contribution in [2.75, 3.05) is 19.6 Å². The minimum atomic E-state index is -0.389. The second kappa shape index (κ2) is 4.34. The number of carbonyl (C=O) groups is 1. The van der Waals surface area contributed by atoms with Crippen LogP contribution in [-0.2, 0) is 9.53 Å². The maximum absolute atomic E-state index is 12.0. The highest BCUT2D eigenvalue weighted by atomic mass is 16.6. The first-order valence-electron chi connectivity index (χ1n) is 6.18. The summed E-state index contributed by atoms with van der Waals surface area (Å²) in [6.45, 7) is 8.83. The van der Waals surface area contributed by atoms with Crippen LogP contribution in [0.4, 0.5) is 0 Å². The topological polar surface area (TPSA) is 41.6 Å². The van der Waals surface area contributed by atoms with Crippen molar-refractivity contribution in [3.63, 3.8) is 0 Å². The van der Waals surface area contributed by atoms with Crippen molar-refractivity contribution in [3.05, 3.63) is 0 Å². The molecule has 1 N–H and O–H groups in total. The monoisotopic (exact) mass is 226 g/mol. The van der Waals surface area contributed by atoms with Gasteiger partial charge in [0.1, 0.15) is 11.6 Å². The van der Waals surface area contributed by atoms with Crippen LogP contribution in [0, 0.1) is 0 Å². The average molecular weight is 226 g/mol. The molecule has 92 valence electrons. The molecule has 16 heavy (non-hydrogen) atoms. The van der Waals surface area contributed by atoms with Crippen LogP contribution < -0.4 is 5.32 Å². The second-order valence-electron chi connectivity index (χ2n) is 5.71. The SMILES string of the molecule is CC(C)(C)OC(=O)C1NCCN2CCCC12. The van der Waals surface area contributed by atoms with Crippen molar-refractivity contribution in [2.45, 2.75) is 51.3 Å². The lowest BCUT2D eigenvalue weighted by Crippen LogP contribution is -2.59. The third-order valence-corrected chi connectivity index (χ3v) is 3.22. The summed E-state index contributed by atoms with van der Waals surface area (Å²) < 4.78 is 5.46. The van der Waals surface area contributed by atoms with Crippen molar-refractivity contribution in [3.8, 4) is 0 Å². The standard InChI is InChI=1S/C12H22N2O2/c1-12(2,3)16-11(15)10-9-5-4-7-14(9)8-6-13-10/h9-10,13H,4-8H2,1-3H3. The second-order valence-corrected chi connectivity index (χ2v) is 5.71. The summed E-state index contributed by atoms with van der Waals surface area (Å²) in [5.41, 5.74) is -0.389. The summed E-state index contributed by atoms with van der Waals surface area (Å²) in [7, 11) is 0. The first-order chi connectivity index (χ1) is 7.47. The number of fused-ring (bicyclic) bond motifs is 1. The molecule has 4 nitrogen and oxygen atoms in total. The molecule has 0 aliphatic carbocycles. The molecule has 2 saturated heterocycles. The Kier molecular flexibility index (Phi) is 3.22. The molecule has 2 fully saturated rings. The third kappa shape index (κ3) is 2.55. The summed E-state index contributed by atoms with van der Waals surface area (Å²) in [6.07, 6.45) is 2.31. The molecule has 0 saturated carbocycles. The number of nitrogens with one attached hydrogen (secondary N) is 1. The fourth-order valence-corrected chi connectivity index (χ4v) is 2.61. The summed E-state index contributed by atoms with van der Waals surface area (Å²) in [6, 6.07) is 0.221. The Labute approximate surface area is 97.3 Å². The maximum Gasteiger partial charge on any atom is 0.325 e. The van der Waals surface area contributed by atoms with Crippen molar-refractivity contribution in [2.24, 2.45) is 0 Å². The van der Waals surface area contributed by atoms with E-state index >= 15 is 0 Å². The van der Waals surface area contributed by atoms with E-state index < -0.39 is 0 Å². The van der Waals surface area contributed by atoms with Gasteiger partial charge in [0.25, 0.3) is 0 Å². The van der Waals surface area contributed by atoms with Gasteiger partial charge in [0.2, 0.25) is 0 Å². The van der Waals surface area contributed by atoms with Gasteiger partial charge in [-0.05, 0) is 40.2 Å². The van der Waals surface area contributed by atoms with Crippen molar-refractivity contribution in [1.29, 1.82) is 0 Å². The van der Waals surface area contributed by atoms with Crippen LogP contribution in [-0.4, -0.2) is 48.2 Å². The quantitative estimate of drug-likeness (QED) is 0.670. The largest absolute Gasteiger partial charge is 0.459 e. The molecule has 0 amide bonds. The highest BCUT2D eigenvalue weighted by Gasteiger charge is 2.40. The van der Waals surface area contributed by atoms with E-state index in [1.54, 1.807) is 0 Å². The number of hydrogen-bond acceptors (Lipinski definition) is 4. The zero-order valence-electron chi connectivity index (χ0n) is 10.5. The number of rotatable bonds is 1. The van der Waals surface area contributed by atoms with Crippen LogP contribution in [0.25, 0.3) is 0 Å². The van der Waals surface area contributed by atoms with Crippen molar-refractivity contribution >= 4 is 5.97 Å². The number of hydrogen-bond donors (Lipinski definition) is 1. The smallest absolute Gasteiger partial charge is 0.325 e. The van der Waals surface area contributed by atoms with Gasteiger partial charge in [-0.3, -0.25) is 9.69 Å². The Bertz CT molecular complexity index is 273. The normalized spacial score (nSPS) is 31.2. The van der Waals surface area contributed by atoms with Gasteiger partial charge in [0.05, 0.1) is 0 Å². The van der Waals surface area contributed by atoms with Gasteiger partial charge in [-0.25, -0.2) is 0 Å². The lowest BCUT2D eigenvalue weighted by atomic mass is 10.0. The predicted octanol–water partition coefficient (Wildman–Crippen LogP) is 0.764. The Morgan fingerprint density at radius 3 is 2.81 bits per heavy atom. The van der Waals surface area contributed by atoms with E-state index in [2.05, 4.69) is 10.2 Å². The first kappa shape index (κ1) is 11.9. The zero-order valence-corrected chi connectivity index (χ0v) is 10.5. The molecule has 0 bridgehead atoms. The molecule has 0 aromatic rings. The molecule has 2 aliphatic rings. The molecule has 2 unspecified atom stereocenters. The molecule has 2 rings (SSSR count). The Morgan fingerprint density at radius 2 is 2.12 bits per heavy atom. The minimum Gasteiger partial charge on any atom is -0.459 e. The van der Waals surface area contributed by atoms with Gasteiger partial charge in [-0.2, -0.15) is 0 Å². The molecule has 0 spiro atoms. The summed E-state index contributed by atoms with van der Waals surface area (Å²) in [5.74, 6) is -0.0934. The van der Waals surface area contributed by atoms with E-state index in [0.29, 0.717) is 6.04 Å². The van der Waals surface area contributed by atoms with Crippen LogP contribution in [0.2, 0.25) is 0 Å². The van der Waals surface area contributed by atoms with Gasteiger partial charge >= 0.3 is 5.97 Å². The van der Waals surface area contributed by atoms with Crippen molar-refractivity contribution in [1.82, 2.24) is 10.2 Å². The van der Waals surface area contributed by atoms with Gasteiger partial charge in [0, 0.05) is 19.1 Å². The van der Waals surface area contributed by atoms with E-state index in [9.17, 15) is 4.79 Å². The minimum absolute atomic E-state index is 0.0934. The Morgan fingerprint density at radius 1 is 1.38 bits per heavy atom. The lowest BCUT2D eigenvalue weighted by Gasteiger charge is -2.37. The molecule has 0 aromatic heterocycles. The number of piperazine rings is 1. The highest BCUT2D eigenvalue weighted by molar-refractivity contribution is 5.77. The van der Waals surface area contributed by atoms with Crippen LogP contribution in [0.15, 0.2) is 0 Å². The van der Waals surface area contributed by atoms with Crippen LogP contribution in [0.5, 0.6) is 0 Å². The molecular weight excluding hydrogens is 204 g/mol. The van der Waals surface area contributed by atoms with Crippen LogP contribution in [0.1, 0.15) is 33.6 Å². The fraction of sp³-hybridized carbons (Fsp3) is 0.917. The number of ether oxygens (including phenoxy) is 1. The highest BCUT2D eigenvalue weighted by Crippen LogP contribution is 2.24. The zero-order chi connectivity index (χ0) is 11.8. The number of esters is 1. The summed E-state index contributed by atoms with van der Waals surface area (Å²) in [4.78, 5) is 14.5. The number of carbonyl (C=O) groups excluding carboxylic acids is 1. The molecule has 2 heterocycles. The summed E-state index contributed by atoms with van der Waals surface area (Å²) in [5, 5.41) is 3.30. The van der Waals surface area contributed by atoms with E-state index in [0.717, 1.165) is 26.1 Å². The van der Waals surface area contributed by atoms with E-state index in [4.69, 9.17) is 4.74 Å². The fourth-order valence-electron chi connectivity index (χ4n) is 2.61. The lowest BCUT2D eigenvalue weighted by molar-refractivity contribution is -0.160. The van der Waals surface area contributed by atoms with Crippen molar-refractivity contribution < 1.29 is 9.53 Å². The predicted molar refractivity (Wildman–Crippen MR) is 62.2 cm³/mol. The van der Waals surface area contributed by atoms with Gasteiger partial charge in [-0.1, -0.05) is 0 Å². The van der Waals surface area contributed by atoms with E-state index in [1.165, 1.54) is 6.42 Å². The summed E-state index contributed by atoms with van der Waals surface area (Å²) >= 11 is 0. The van der Waals surface area contributed by atoms with E-state index in [-0.39, 0.29) is 17.6 Å². The molecule has 0 aromatic carbocycles. The molecule has 2 atom stereocenters. The van der Waals surface area contributed by atoms with E-state index in [1.807, 2.05) is 20.8 Å². The third-order valence-electron chi connectivity index (χ3n) is 3.22. The molecule has 2 aliphatic heterocycles. The molecular formula is C12H22N2O2. The van der Waals surface area contributed by atoms with Gasteiger partial charge < -0.3 is 10.1 Å². The Balaban J connectivity index is 2.00.